The van der Waals surface area contributed by atoms with Crippen molar-refractivity contribution in [2.24, 2.45) is 11.8 Å². The number of carboxylic acids is 1. The summed E-state index contributed by atoms with van der Waals surface area (Å²) in [6.45, 7) is 4.35. The van der Waals surface area contributed by atoms with Gasteiger partial charge in [0, 0.05) is 6.42 Å². The first-order valence-electron chi connectivity index (χ1n) is 11.1. The van der Waals surface area contributed by atoms with Crippen molar-refractivity contribution in [3.05, 3.63) is 0 Å². The molecule has 0 bridgehead atoms. The first-order valence-corrected chi connectivity index (χ1v) is 11.1. The van der Waals surface area contributed by atoms with Gasteiger partial charge in [0.25, 0.3) is 0 Å². The third-order valence-electron chi connectivity index (χ3n) is 6.30. The molecule has 1 rings (SSSR count). The zero-order chi connectivity index (χ0) is 19.4. The van der Waals surface area contributed by atoms with Crippen molar-refractivity contribution < 1.29 is 20.1 Å². The Bertz CT molecular complexity index is 384. The molecule has 4 heteroatoms. The predicted molar refractivity (Wildman–Crippen MR) is 106 cm³/mol. The molecule has 1 aliphatic carbocycles. The lowest BCUT2D eigenvalue weighted by molar-refractivity contribution is -0.137. The molecule has 0 saturated heterocycles. The van der Waals surface area contributed by atoms with Crippen molar-refractivity contribution in [1.29, 1.82) is 0 Å². The third-order valence-corrected chi connectivity index (χ3v) is 6.30. The summed E-state index contributed by atoms with van der Waals surface area (Å²) in [6.07, 6.45) is 13.8. The molecule has 1 aliphatic rings. The number of carboxylic acid groups (broad SMARTS) is 1. The Kier molecular flexibility index (Phi) is 11.5. The van der Waals surface area contributed by atoms with Gasteiger partial charge in [-0.25, -0.2) is 0 Å². The molecule has 0 amide bonds. The second kappa shape index (κ2) is 12.7. The fourth-order valence-corrected chi connectivity index (χ4v) is 4.90. The maximum absolute atomic E-state index is 11.4. The first-order chi connectivity index (χ1) is 12.4. The summed E-state index contributed by atoms with van der Waals surface area (Å²) in [7, 11) is 0. The van der Waals surface area contributed by atoms with E-state index < -0.39 is 11.6 Å². The number of hydrogen-bond donors (Lipinski definition) is 3. The number of aliphatic hydroxyl groups excluding tert-OH is 1. The second-order valence-electron chi connectivity index (χ2n) is 8.43. The molecule has 0 radical (unpaired) electrons. The molecule has 0 aromatic heterocycles. The van der Waals surface area contributed by atoms with Gasteiger partial charge in [0.05, 0.1) is 11.7 Å². The fraction of sp³-hybridized carbons (Fsp3) is 0.955. The van der Waals surface area contributed by atoms with E-state index in [2.05, 4.69) is 13.8 Å². The molecule has 0 aliphatic heterocycles. The molecule has 1 fully saturated rings. The maximum atomic E-state index is 11.4. The van der Waals surface area contributed by atoms with Gasteiger partial charge < -0.3 is 15.3 Å². The molecule has 0 aromatic rings. The Hall–Kier alpha value is -0.610. The van der Waals surface area contributed by atoms with Gasteiger partial charge in [-0.2, -0.15) is 0 Å². The van der Waals surface area contributed by atoms with Crippen molar-refractivity contribution in [3.63, 3.8) is 0 Å². The number of rotatable bonds is 15. The van der Waals surface area contributed by atoms with Gasteiger partial charge in [0.2, 0.25) is 0 Å². The van der Waals surface area contributed by atoms with Crippen molar-refractivity contribution in [1.82, 2.24) is 0 Å². The second-order valence-corrected chi connectivity index (χ2v) is 8.43. The van der Waals surface area contributed by atoms with E-state index in [4.69, 9.17) is 5.11 Å². The van der Waals surface area contributed by atoms with Crippen molar-refractivity contribution >= 4 is 5.97 Å². The van der Waals surface area contributed by atoms with Crippen LogP contribution in [0, 0.1) is 11.8 Å². The van der Waals surface area contributed by atoms with Crippen LogP contribution >= 0.6 is 0 Å². The monoisotopic (exact) mass is 370 g/mol. The molecule has 0 heterocycles. The van der Waals surface area contributed by atoms with Crippen LogP contribution in [0.3, 0.4) is 0 Å². The van der Waals surface area contributed by atoms with E-state index in [-0.39, 0.29) is 24.4 Å². The Morgan fingerprint density at radius 1 is 0.923 bits per heavy atom. The number of carbonyl (C=O) groups is 1. The summed E-state index contributed by atoms with van der Waals surface area (Å²) in [5.41, 5.74) is -0.617. The lowest BCUT2D eigenvalue weighted by Gasteiger charge is -2.38. The van der Waals surface area contributed by atoms with Crippen molar-refractivity contribution in [2.45, 2.75) is 122 Å². The van der Waals surface area contributed by atoms with Crippen LogP contribution in [-0.2, 0) is 4.79 Å². The number of unbranched alkanes of at least 4 members (excludes halogenated alkanes) is 6. The Morgan fingerprint density at radius 3 is 2.27 bits per heavy atom. The van der Waals surface area contributed by atoms with E-state index in [9.17, 15) is 15.0 Å². The van der Waals surface area contributed by atoms with Crippen LogP contribution in [0.1, 0.15) is 110 Å². The van der Waals surface area contributed by atoms with Crippen molar-refractivity contribution in [3.8, 4) is 0 Å². The number of hydrogen-bond acceptors (Lipinski definition) is 3. The summed E-state index contributed by atoms with van der Waals surface area (Å²) < 4.78 is 0. The van der Waals surface area contributed by atoms with E-state index in [1.165, 1.54) is 19.3 Å². The summed E-state index contributed by atoms with van der Waals surface area (Å²) >= 11 is 0. The fourth-order valence-electron chi connectivity index (χ4n) is 4.90. The summed E-state index contributed by atoms with van der Waals surface area (Å²) in [5.74, 6) is -0.292. The summed E-state index contributed by atoms with van der Waals surface area (Å²) in [4.78, 5) is 10.6. The van der Waals surface area contributed by atoms with Crippen LogP contribution < -0.4 is 0 Å². The minimum Gasteiger partial charge on any atom is -0.481 e. The molecule has 26 heavy (non-hydrogen) atoms. The molecule has 4 nitrogen and oxygen atoms in total. The molecule has 154 valence electrons. The van der Waals surface area contributed by atoms with Gasteiger partial charge in [-0.15, -0.1) is 0 Å². The summed E-state index contributed by atoms with van der Waals surface area (Å²) in [6, 6.07) is 0. The Balaban J connectivity index is 2.52. The van der Waals surface area contributed by atoms with Crippen LogP contribution in [-0.4, -0.2) is 33.0 Å². The quantitative estimate of drug-likeness (QED) is 0.342. The molecule has 3 N–H and O–H groups in total. The lowest BCUT2D eigenvalue weighted by atomic mass is 9.73. The topological polar surface area (TPSA) is 77.8 Å². The van der Waals surface area contributed by atoms with Crippen molar-refractivity contribution in [2.75, 3.05) is 0 Å². The highest BCUT2D eigenvalue weighted by Gasteiger charge is 2.46. The minimum atomic E-state index is -0.719. The Labute approximate surface area is 160 Å². The minimum absolute atomic E-state index is 0.206. The third kappa shape index (κ3) is 7.96. The average Bonchev–Trinajstić information content (AvgIpc) is 2.96. The Morgan fingerprint density at radius 2 is 1.62 bits per heavy atom. The first kappa shape index (κ1) is 23.4. The zero-order valence-corrected chi connectivity index (χ0v) is 17.1. The van der Waals surface area contributed by atoms with Crippen LogP contribution in [0.4, 0.5) is 0 Å². The molecule has 2 unspecified atom stereocenters. The molecular formula is C22H42O4. The maximum Gasteiger partial charge on any atom is 0.303 e. The van der Waals surface area contributed by atoms with Gasteiger partial charge in [-0.3, -0.25) is 4.79 Å². The molecule has 4 atom stereocenters. The average molecular weight is 371 g/mol. The number of aliphatic carboxylic acids is 1. The summed E-state index contributed by atoms with van der Waals surface area (Å²) in [5, 5.41) is 30.6. The molecular weight excluding hydrogens is 328 g/mol. The van der Waals surface area contributed by atoms with E-state index >= 15 is 0 Å². The van der Waals surface area contributed by atoms with Gasteiger partial charge >= 0.3 is 5.97 Å². The SMILES string of the molecule is CCCCCCC(O)(CCC)[C@@H]1CCC(O)[C@H]1CCCCCCC(=O)O. The van der Waals surface area contributed by atoms with Crippen LogP contribution in [0.25, 0.3) is 0 Å². The van der Waals surface area contributed by atoms with E-state index in [0.29, 0.717) is 0 Å². The van der Waals surface area contributed by atoms with Gasteiger partial charge in [-0.1, -0.05) is 65.2 Å². The van der Waals surface area contributed by atoms with E-state index in [1.54, 1.807) is 0 Å². The normalized spacial score (nSPS) is 25.3. The molecule has 0 aromatic carbocycles. The highest BCUT2D eigenvalue weighted by atomic mass is 16.4. The van der Waals surface area contributed by atoms with Gasteiger partial charge in [0.1, 0.15) is 0 Å². The number of aliphatic hydroxyl groups is 2. The van der Waals surface area contributed by atoms with E-state index in [1.807, 2.05) is 0 Å². The largest absolute Gasteiger partial charge is 0.481 e. The zero-order valence-electron chi connectivity index (χ0n) is 17.1. The van der Waals surface area contributed by atoms with Crippen LogP contribution in [0.2, 0.25) is 0 Å². The van der Waals surface area contributed by atoms with Crippen LogP contribution in [0.15, 0.2) is 0 Å². The highest BCUT2D eigenvalue weighted by Crippen LogP contribution is 2.46. The lowest BCUT2D eigenvalue weighted by Crippen LogP contribution is -2.41. The standard InChI is InChI=1S/C22H42O4/c1-3-5-6-11-17-22(26,16-4-2)19-14-15-20(23)18(19)12-9-7-8-10-13-21(24)25/h18-20,23,26H,3-17H2,1-2H3,(H,24,25)/t18-,19+,20?,22?/m0/s1. The molecule has 1 saturated carbocycles. The van der Waals surface area contributed by atoms with Crippen LogP contribution in [0.5, 0.6) is 0 Å². The molecule has 0 spiro atoms. The van der Waals surface area contributed by atoms with Gasteiger partial charge in [0.15, 0.2) is 0 Å². The predicted octanol–water partition coefficient (Wildman–Crippen LogP) is 5.30. The van der Waals surface area contributed by atoms with Gasteiger partial charge in [-0.05, 0) is 50.4 Å². The highest BCUT2D eigenvalue weighted by molar-refractivity contribution is 5.66. The van der Waals surface area contributed by atoms with E-state index in [0.717, 1.165) is 70.6 Å². The smallest absolute Gasteiger partial charge is 0.303 e.